The minimum Gasteiger partial charge on any atom is -0.379 e. The Morgan fingerprint density at radius 1 is 1.12 bits per heavy atom. The van der Waals surface area contributed by atoms with E-state index in [-0.39, 0.29) is 23.3 Å². The topological polar surface area (TPSA) is 88.0 Å². The largest absolute Gasteiger partial charge is 0.379 e. The van der Waals surface area contributed by atoms with Crippen LogP contribution < -0.4 is 4.90 Å². The van der Waals surface area contributed by atoms with Crippen molar-refractivity contribution in [2.45, 2.75) is 51.6 Å². The van der Waals surface area contributed by atoms with Crippen molar-refractivity contribution in [1.82, 2.24) is 19.0 Å². The fourth-order valence-electron chi connectivity index (χ4n) is 4.92. The minimum atomic E-state index is -3.64. The van der Waals surface area contributed by atoms with Crippen molar-refractivity contribution in [3.05, 3.63) is 41.2 Å². The van der Waals surface area contributed by atoms with Crippen LogP contribution in [0.15, 0.2) is 29.2 Å². The fourth-order valence-corrected chi connectivity index (χ4v) is 6.70. The number of morpholine rings is 1. The van der Waals surface area contributed by atoms with Crippen molar-refractivity contribution in [3.63, 3.8) is 0 Å². The van der Waals surface area contributed by atoms with E-state index in [2.05, 4.69) is 48.1 Å². The number of anilines is 1. The SMILES string of the molecule is Cc1cccc(N2CCN(C(=O)CCn3nc(C)c(S(=O)(=O)N4CCOCC4)c3C)C[C@H]2C)c1. The first-order valence-electron chi connectivity index (χ1n) is 11.9. The summed E-state index contributed by atoms with van der Waals surface area (Å²) in [6.07, 6.45) is 0.288. The van der Waals surface area contributed by atoms with E-state index in [4.69, 9.17) is 4.74 Å². The van der Waals surface area contributed by atoms with Gasteiger partial charge >= 0.3 is 0 Å². The second kappa shape index (κ2) is 10.1. The van der Waals surface area contributed by atoms with E-state index in [0.29, 0.717) is 57.3 Å². The molecule has 10 heteroatoms. The van der Waals surface area contributed by atoms with Gasteiger partial charge in [-0.05, 0) is 45.4 Å². The molecular weight excluding hydrogens is 454 g/mol. The van der Waals surface area contributed by atoms with Crippen LogP contribution in [0.25, 0.3) is 0 Å². The maximum absolute atomic E-state index is 13.2. The van der Waals surface area contributed by atoms with Gasteiger partial charge in [-0.25, -0.2) is 8.42 Å². The Morgan fingerprint density at radius 2 is 1.85 bits per heavy atom. The summed E-state index contributed by atoms with van der Waals surface area (Å²) < 4.78 is 34.7. The number of carbonyl (C=O) groups excluding carboxylic acids is 1. The number of benzene rings is 1. The molecule has 0 spiro atoms. The van der Waals surface area contributed by atoms with E-state index in [9.17, 15) is 13.2 Å². The number of aromatic nitrogens is 2. The number of hydrogen-bond acceptors (Lipinski definition) is 6. The predicted molar refractivity (Wildman–Crippen MR) is 130 cm³/mol. The molecule has 4 rings (SSSR count). The van der Waals surface area contributed by atoms with Crippen molar-refractivity contribution >= 4 is 21.6 Å². The van der Waals surface area contributed by atoms with Crippen molar-refractivity contribution < 1.29 is 17.9 Å². The minimum absolute atomic E-state index is 0.0703. The molecule has 1 atom stereocenters. The number of piperazine rings is 1. The number of carbonyl (C=O) groups is 1. The lowest BCUT2D eigenvalue weighted by atomic mass is 10.1. The van der Waals surface area contributed by atoms with Crippen LogP contribution in [-0.2, 0) is 26.1 Å². The predicted octanol–water partition coefficient (Wildman–Crippen LogP) is 1.96. The molecule has 0 N–H and O–H groups in total. The fraction of sp³-hybridized carbons (Fsp3) is 0.583. The van der Waals surface area contributed by atoms with Gasteiger partial charge in [0.05, 0.1) is 31.1 Å². The van der Waals surface area contributed by atoms with E-state index < -0.39 is 10.0 Å². The Hall–Kier alpha value is -2.43. The lowest BCUT2D eigenvalue weighted by Gasteiger charge is -2.41. The van der Waals surface area contributed by atoms with E-state index in [1.165, 1.54) is 15.6 Å². The van der Waals surface area contributed by atoms with Gasteiger partial charge in [0.25, 0.3) is 0 Å². The van der Waals surface area contributed by atoms with Gasteiger partial charge in [-0.15, -0.1) is 0 Å². The molecule has 2 aliphatic heterocycles. The molecule has 3 heterocycles. The summed E-state index contributed by atoms with van der Waals surface area (Å²) in [5.41, 5.74) is 3.46. The number of hydrogen-bond donors (Lipinski definition) is 0. The highest BCUT2D eigenvalue weighted by molar-refractivity contribution is 7.89. The van der Waals surface area contributed by atoms with Crippen molar-refractivity contribution in [3.8, 4) is 0 Å². The van der Waals surface area contributed by atoms with Crippen LogP contribution in [0.1, 0.15) is 30.3 Å². The normalized spacial score (nSPS) is 20.1. The standard InChI is InChI=1S/C24H35N5O4S/c1-18-6-5-7-22(16-18)28-11-10-26(17-19(28)2)23(30)8-9-29-21(4)24(20(3)25-29)34(31,32)27-12-14-33-15-13-27/h5-7,16,19H,8-15,17H2,1-4H3/t19-/m1/s1. The molecular formula is C24H35N5O4S. The van der Waals surface area contributed by atoms with E-state index in [1.54, 1.807) is 18.5 Å². The number of amides is 1. The summed E-state index contributed by atoms with van der Waals surface area (Å²) in [5.74, 6) is 0.0703. The molecule has 9 nitrogen and oxygen atoms in total. The van der Waals surface area contributed by atoms with Crippen LogP contribution in [0.4, 0.5) is 5.69 Å². The molecule has 0 aliphatic carbocycles. The summed E-state index contributed by atoms with van der Waals surface area (Å²) in [5, 5.41) is 4.46. The van der Waals surface area contributed by atoms with Gasteiger partial charge in [-0.3, -0.25) is 9.48 Å². The first kappa shape index (κ1) is 24.7. The monoisotopic (exact) mass is 489 g/mol. The highest BCUT2D eigenvalue weighted by Crippen LogP contribution is 2.25. The zero-order chi connectivity index (χ0) is 24.5. The lowest BCUT2D eigenvalue weighted by molar-refractivity contribution is -0.132. The number of sulfonamides is 1. The summed E-state index contributed by atoms with van der Waals surface area (Å²) in [6, 6.07) is 8.67. The maximum atomic E-state index is 13.2. The van der Waals surface area contributed by atoms with Crippen LogP contribution in [0.5, 0.6) is 0 Å². The molecule has 0 unspecified atom stereocenters. The maximum Gasteiger partial charge on any atom is 0.246 e. The summed E-state index contributed by atoms with van der Waals surface area (Å²) >= 11 is 0. The quantitative estimate of drug-likeness (QED) is 0.617. The number of rotatable bonds is 6. The third-order valence-electron chi connectivity index (χ3n) is 6.73. The number of ether oxygens (including phenoxy) is 1. The van der Waals surface area contributed by atoms with Gasteiger partial charge in [0.1, 0.15) is 4.90 Å². The molecule has 1 amide bonds. The molecule has 0 saturated carbocycles. The van der Waals surface area contributed by atoms with Crippen molar-refractivity contribution in [2.75, 3.05) is 50.8 Å². The third kappa shape index (κ3) is 4.99. The summed E-state index contributed by atoms with van der Waals surface area (Å²) in [7, 11) is -3.64. The van der Waals surface area contributed by atoms with E-state index >= 15 is 0 Å². The number of nitrogens with zero attached hydrogens (tertiary/aromatic N) is 5. The van der Waals surface area contributed by atoms with Crippen LogP contribution in [0, 0.1) is 20.8 Å². The molecule has 186 valence electrons. The smallest absolute Gasteiger partial charge is 0.246 e. The highest BCUT2D eigenvalue weighted by atomic mass is 32.2. The van der Waals surface area contributed by atoms with Gasteiger partial charge in [-0.2, -0.15) is 9.40 Å². The average molecular weight is 490 g/mol. The van der Waals surface area contributed by atoms with E-state index in [0.717, 1.165) is 6.54 Å². The lowest BCUT2D eigenvalue weighted by Crippen LogP contribution is -2.53. The molecule has 2 aromatic rings. The van der Waals surface area contributed by atoms with Gasteiger partial charge in [0.15, 0.2) is 0 Å². The Kier molecular flexibility index (Phi) is 7.30. The second-order valence-electron chi connectivity index (χ2n) is 9.21. The van der Waals surface area contributed by atoms with Crippen LogP contribution >= 0.6 is 0 Å². The Labute approximate surface area is 202 Å². The zero-order valence-electron chi connectivity index (χ0n) is 20.5. The Balaban J connectivity index is 1.39. The summed E-state index contributed by atoms with van der Waals surface area (Å²) in [6.45, 7) is 11.7. The van der Waals surface area contributed by atoms with Gasteiger partial charge in [0, 0.05) is 50.9 Å². The van der Waals surface area contributed by atoms with Crippen LogP contribution in [-0.4, -0.2) is 85.3 Å². The zero-order valence-corrected chi connectivity index (χ0v) is 21.3. The summed E-state index contributed by atoms with van der Waals surface area (Å²) in [4.78, 5) is 17.5. The Morgan fingerprint density at radius 3 is 2.53 bits per heavy atom. The third-order valence-corrected chi connectivity index (χ3v) is 8.89. The molecule has 2 saturated heterocycles. The molecule has 0 radical (unpaired) electrons. The first-order chi connectivity index (χ1) is 16.2. The first-order valence-corrected chi connectivity index (χ1v) is 13.4. The Bertz CT molecular complexity index is 1140. The highest BCUT2D eigenvalue weighted by Gasteiger charge is 2.32. The molecule has 1 aromatic carbocycles. The number of aryl methyl sites for hydroxylation is 3. The molecule has 34 heavy (non-hydrogen) atoms. The second-order valence-corrected chi connectivity index (χ2v) is 11.1. The van der Waals surface area contributed by atoms with Crippen LogP contribution in [0.2, 0.25) is 0 Å². The van der Waals surface area contributed by atoms with Gasteiger partial charge in [-0.1, -0.05) is 12.1 Å². The van der Waals surface area contributed by atoms with E-state index in [1.807, 2.05) is 4.90 Å². The average Bonchev–Trinajstić information content (AvgIpc) is 3.11. The molecule has 1 aromatic heterocycles. The molecule has 0 bridgehead atoms. The van der Waals surface area contributed by atoms with Crippen LogP contribution in [0.3, 0.4) is 0 Å². The molecule has 2 fully saturated rings. The van der Waals surface area contributed by atoms with Gasteiger partial charge < -0.3 is 14.5 Å². The van der Waals surface area contributed by atoms with Crippen molar-refractivity contribution in [2.24, 2.45) is 0 Å². The van der Waals surface area contributed by atoms with Gasteiger partial charge in [0.2, 0.25) is 15.9 Å². The van der Waals surface area contributed by atoms with Crippen molar-refractivity contribution in [1.29, 1.82) is 0 Å². The molecule has 2 aliphatic rings.